The number of nitrogens with zero attached hydrogens (tertiary/aromatic N) is 1. The Kier molecular flexibility index (Phi) is 9.04. The largest absolute Gasteiger partial charge is 0.380 e. The number of aromatic nitrogens is 1. The monoisotopic (exact) mass is 433 g/mol. The van der Waals surface area contributed by atoms with Crippen molar-refractivity contribution in [3.63, 3.8) is 0 Å². The molecule has 32 heavy (non-hydrogen) atoms. The van der Waals surface area contributed by atoms with E-state index in [9.17, 15) is 9.59 Å². The standard InChI is InChI=1S/C24H27N5O3/c30-23(21-10-4-5-11-22(21)27-18-19-12-15-25-16-13-19)29-32-17-7-6-14-26-24(31)28-20-8-2-1-3-9-20/h1-5,8-13,15-16,27H,6-7,14,17-18H2,(H,29,30)(H2,26,28,31). The fraction of sp³-hybridized carbons (Fsp3) is 0.208. The number of anilines is 2. The van der Waals surface area contributed by atoms with Crippen LogP contribution in [0, 0.1) is 0 Å². The van der Waals surface area contributed by atoms with Crippen molar-refractivity contribution in [1.82, 2.24) is 15.8 Å². The van der Waals surface area contributed by atoms with Gasteiger partial charge in [-0.3, -0.25) is 14.6 Å². The highest BCUT2D eigenvalue weighted by Crippen LogP contribution is 2.16. The van der Waals surface area contributed by atoms with Crippen LogP contribution in [0.2, 0.25) is 0 Å². The van der Waals surface area contributed by atoms with E-state index in [0.717, 1.165) is 23.4 Å². The lowest BCUT2D eigenvalue weighted by molar-refractivity contribution is 0.0300. The molecule has 1 aromatic heterocycles. The Hall–Kier alpha value is -3.91. The van der Waals surface area contributed by atoms with E-state index in [1.165, 1.54) is 0 Å². The normalized spacial score (nSPS) is 10.2. The van der Waals surface area contributed by atoms with Gasteiger partial charge in [-0.2, -0.15) is 0 Å². The highest BCUT2D eigenvalue weighted by molar-refractivity contribution is 5.99. The van der Waals surface area contributed by atoms with Gasteiger partial charge in [0, 0.05) is 36.9 Å². The van der Waals surface area contributed by atoms with Gasteiger partial charge in [-0.25, -0.2) is 10.3 Å². The first-order chi connectivity index (χ1) is 15.7. The molecule has 0 atom stereocenters. The number of para-hydroxylation sites is 2. The van der Waals surface area contributed by atoms with Crippen LogP contribution in [0.4, 0.5) is 16.2 Å². The number of carbonyl (C=O) groups is 2. The number of unbranched alkanes of at least 4 members (excludes halogenated alkanes) is 1. The van der Waals surface area contributed by atoms with E-state index < -0.39 is 0 Å². The van der Waals surface area contributed by atoms with Gasteiger partial charge >= 0.3 is 6.03 Å². The average Bonchev–Trinajstić information content (AvgIpc) is 2.83. The zero-order valence-electron chi connectivity index (χ0n) is 17.7. The summed E-state index contributed by atoms with van der Waals surface area (Å²) in [6.45, 7) is 1.44. The minimum Gasteiger partial charge on any atom is -0.380 e. The molecule has 0 fully saturated rings. The van der Waals surface area contributed by atoms with Gasteiger partial charge in [0.2, 0.25) is 0 Å². The predicted molar refractivity (Wildman–Crippen MR) is 124 cm³/mol. The molecule has 0 saturated heterocycles. The van der Waals surface area contributed by atoms with E-state index in [1.54, 1.807) is 24.5 Å². The molecule has 0 bridgehead atoms. The van der Waals surface area contributed by atoms with Crippen molar-refractivity contribution in [2.75, 3.05) is 23.8 Å². The Bertz CT molecular complexity index is 983. The third-order valence-electron chi connectivity index (χ3n) is 4.56. The second kappa shape index (κ2) is 12.7. The molecule has 3 rings (SSSR count). The number of carbonyl (C=O) groups excluding carboxylic acids is 2. The molecule has 1 heterocycles. The number of rotatable bonds is 11. The van der Waals surface area contributed by atoms with Crippen molar-refractivity contribution < 1.29 is 14.4 Å². The maximum atomic E-state index is 12.5. The number of benzene rings is 2. The predicted octanol–water partition coefficient (Wildman–Crippen LogP) is 3.96. The molecule has 0 aliphatic carbocycles. The summed E-state index contributed by atoms with van der Waals surface area (Å²) >= 11 is 0. The molecule has 2 aromatic carbocycles. The number of amides is 3. The van der Waals surface area contributed by atoms with Crippen LogP contribution in [0.25, 0.3) is 0 Å². The van der Waals surface area contributed by atoms with Gasteiger partial charge in [0.1, 0.15) is 0 Å². The second-order valence-corrected chi connectivity index (χ2v) is 6.99. The van der Waals surface area contributed by atoms with Gasteiger partial charge < -0.3 is 16.0 Å². The number of nitrogens with one attached hydrogen (secondary N) is 4. The van der Waals surface area contributed by atoms with E-state index in [0.29, 0.717) is 31.7 Å². The zero-order chi connectivity index (χ0) is 22.4. The summed E-state index contributed by atoms with van der Waals surface area (Å²) < 4.78 is 0. The van der Waals surface area contributed by atoms with E-state index in [2.05, 4.69) is 26.4 Å². The van der Waals surface area contributed by atoms with Crippen molar-refractivity contribution in [1.29, 1.82) is 0 Å². The number of pyridine rings is 1. The number of hydroxylamine groups is 1. The van der Waals surface area contributed by atoms with Crippen LogP contribution in [-0.4, -0.2) is 30.1 Å². The first-order valence-electron chi connectivity index (χ1n) is 10.5. The van der Waals surface area contributed by atoms with Crippen LogP contribution in [0.15, 0.2) is 79.1 Å². The van der Waals surface area contributed by atoms with Crippen LogP contribution in [0.3, 0.4) is 0 Å². The quantitative estimate of drug-likeness (QED) is 0.271. The Labute approximate surface area is 187 Å². The lowest BCUT2D eigenvalue weighted by Gasteiger charge is -2.12. The van der Waals surface area contributed by atoms with Gasteiger partial charge in [0.15, 0.2) is 0 Å². The van der Waals surface area contributed by atoms with Gasteiger partial charge in [-0.1, -0.05) is 30.3 Å². The van der Waals surface area contributed by atoms with Crippen molar-refractivity contribution in [2.45, 2.75) is 19.4 Å². The summed E-state index contributed by atoms with van der Waals surface area (Å²) in [7, 11) is 0. The molecule has 3 amide bonds. The van der Waals surface area contributed by atoms with E-state index in [-0.39, 0.29) is 11.9 Å². The molecule has 8 heteroatoms. The fourth-order valence-electron chi connectivity index (χ4n) is 2.90. The van der Waals surface area contributed by atoms with Gasteiger partial charge in [0.25, 0.3) is 5.91 Å². The zero-order valence-corrected chi connectivity index (χ0v) is 17.7. The van der Waals surface area contributed by atoms with Crippen molar-refractivity contribution in [2.24, 2.45) is 0 Å². The summed E-state index contributed by atoms with van der Waals surface area (Å²) in [6, 6.07) is 20.1. The molecule has 3 aromatic rings. The third kappa shape index (κ3) is 7.73. The summed E-state index contributed by atoms with van der Waals surface area (Å²) in [4.78, 5) is 33.6. The SMILES string of the molecule is O=C(NCCCCONC(=O)c1ccccc1NCc1ccncc1)Nc1ccccc1. The summed E-state index contributed by atoms with van der Waals surface area (Å²) in [5.41, 5.74) is 5.51. The van der Waals surface area contributed by atoms with Crippen LogP contribution >= 0.6 is 0 Å². The van der Waals surface area contributed by atoms with Gasteiger partial charge in [-0.05, 0) is 54.8 Å². The second-order valence-electron chi connectivity index (χ2n) is 6.99. The molecule has 0 radical (unpaired) electrons. The Balaban J connectivity index is 1.31. The van der Waals surface area contributed by atoms with Crippen LogP contribution in [0.5, 0.6) is 0 Å². The molecule has 166 valence electrons. The van der Waals surface area contributed by atoms with Gasteiger partial charge in [0.05, 0.1) is 12.2 Å². The first-order valence-corrected chi connectivity index (χ1v) is 10.5. The maximum Gasteiger partial charge on any atom is 0.319 e. The average molecular weight is 434 g/mol. The van der Waals surface area contributed by atoms with E-state index in [1.807, 2.05) is 54.6 Å². The first kappa shape index (κ1) is 22.8. The molecule has 0 aliphatic heterocycles. The highest BCUT2D eigenvalue weighted by atomic mass is 16.6. The minimum absolute atomic E-state index is 0.249. The smallest absolute Gasteiger partial charge is 0.319 e. The van der Waals surface area contributed by atoms with Crippen molar-refractivity contribution in [3.8, 4) is 0 Å². The number of hydrogen-bond donors (Lipinski definition) is 4. The highest BCUT2D eigenvalue weighted by Gasteiger charge is 2.11. The maximum absolute atomic E-state index is 12.5. The topological polar surface area (TPSA) is 104 Å². The van der Waals surface area contributed by atoms with E-state index >= 15 is 0 Å². The number of urea groups is 1. The Morgan fingerprint density at radius 3 is 2.44 bits per heavy atom. The lowest BCUT2D eigenvalue weighted by Crippen LogP contribution is -2.30. The summed E-state index contributed by atoms with van der Waals surface area (Å²) in [5, 5.41) is 8.81. The van der Waals surface area contributed by atoms with Crippen LogP contribution in [-0.2, 0) is 11.4 Å². The summed E-state index contributed by atoms with van der Waals surface area (Å²) in [5.74, 6) is -0.316. The van der Waals surface area contributed by atoms with Crippen molar-refractivity contribution >= 4 is 23.3 Å². The Morgan fingerprint density at radius 2 is 1.62 bits per heavy atom. The van der Waals surface area contributed by atoms with E-state index in [4.69, 9.17) is 4.84 Å². The number of hydrogen-bond acceptors (Lipinski definition) is 5. The lowest BCUT2D eigenvalue weighted by atomic mass is 10.1. The molecule has 0 spiro atoms. The molecule has 0 saturated carbocycles. The summed E-state index contributed by atoms with van der Waals surface area (Å²) in [6.07, 6.45) is 4.87. The molecule has 4 N–H and O–H groups in total. The molecule has 0 aliphatic rings. The fourth-order valence-corrected chi connectivity index (χ4v) is 2.90. The van der Waals surface area contributed by atoms with Crippen molar-refractivity contribution in [3.05, 3.63) is 90.3 Å². The molecular formula is C24H27N5O3. The molecular weight excluding hydrogens is 406 g/mol. The molecule has 0 unspecified atom stereocenters. The Morgan fingerprint density at radius 1 is 0.875 bits per heavy atom. The van der Waals surface area contributed by atoms with Crippen LogP contribution < -0.4 is 21.4 Å². The van der Waals surface area contributed by atoms with Gasteiger partial charge in [-0.15, -0.1) is 0 Å². The molecule has 8 nitrogen and oxygen atoms in total. The third-order valence-corrected chi connectivity index (χ3v) is 4.56. The minimum atomic E-state index is -0.316. The van der Waals surface area contributed by atoms with Crippen LogP contribution in [0.1, 0.15) is 28.8 Å².